The van der Waals surface area contributed by atoms with Gasteiger partial charge >= 0.3 is 6.01 Å². The van der Waals surface area contributed by atoms with Crippen LogP contribution in [-0.2, 0) is 6.54 Å². The fraction of sp³-hybridized carbons (Fsp3) is 0.200. The second-order valence-electron chi connectivity index (χ2n) is 3.43. The van der Waals surface area contributed by atoms with Gasteiger partial charge in [-0.05, 0) is 56.5 Å². The number of hydrogen-bond donors (Lipinski definition) is 2. The highest BCUT2D eigenvalue weighted by atomic mass is 79.9. The van der Waals surface area contributed by atoms with Crippen molar-refractivity contribution in [2.45, 2.75) is 13.5 Å². The summed E-state index contributed by atoms with van der Waals surface area (Å²) in [5.41, 5.74) is 7.37. The first-order chi connectivity index (χ1) is 8.10. The van der Waals surface area contributed by atoms with Crippen molar-refractivity contribution in [1.82, 2.24) is 10.2 Å². The van der Waals surface area contributed by atoms with Gasteiger partial charge < -0.3 is 15.5 Å². The van der Waals surface area contributed by atoms with Gasteiger partial charge in [-0.25, -0.2) is 0 Å². The summed E-state index contributed by atoms with van der Waals surface area (Å²) < 4.78 is 7.10. The highest BCUT2D eigenvalue weighted by Gasteiger charge is 2.10. The molecular weight excluding hydrogens is 352 g/mol. The van der Waals surface area contributed by atoms with Crippen LogP contribution in [0.2, 0.25) is 0 Å². The molecule has 1 aromatic carbocycles. The smallest absolute Gasteiger partial charge is 0.320 e. The van der Waals surface area contributed by atoms with Gasteiger partial charge in [0, 0.05) is 8.95 Å². The number of benzene rings is 1. The van der Waals surface area contributed by atoms with Crippen molar-refractivity contribution in [3.63, 3.8) is 0 Å². The zero-order valence-electron chi connectivity index (χ0n) is 9.00. The number of anilines is 2. The summed E-state index contributed by atoms with van der Waals surface area (Å²) in [4.78, 5) is 0. The molecule has 0 saturated heterocycles. The van der Waals surface area contributed by atoms with Crippen LogP contribution in [0.1, 0.15) is 11.5 Å². The molecule has 0 unspecified atom stereocenters. The maximum atomic E-state index is 5.39. The molecule has 0 aliphatic rings. The van der Waals surface area contributed by atoms with Gasteiger partial charge in [-0.1, -0.05) is 5.10 Å². The zero-order chi connectivity index (χ0) is 12.4. The zero-order valence-corrected chi connectivity index (χ0v) is 12.2. The van der Waals surface area contributed by atoms with Gasteiger partial charge in [0.25, 0.3) is 0 Å². The van der Waals surface area contributed by atoms with Crippen LogP contribution in [-0.4, -0.2) is 10.2 Å². The predicted octanol–water partition coefficient (Wildman–Crippen LogP) is 3.11. The van der Waals surface area contributed by atoms with E-state index in [0.29, 0.717) is 11.9 Å². The van der Waals surface area contributed by atoms with Crippen molar-refractivity contribution in [3.8, 4) is 0 Å². The molecule has 0 amide bonds. The van der Waals surface area contributed by atoms with Crippen molar-refractivity contribution in [1.29, 1.82) is 0 Å². The quantitative estimate of drug-likeness (QED) is 0.878. The van der Waals surface area contributed by atoms with E-state index < -0.39 is 0 Å². The SMILES string of the molecule is Cc1cc(Br)c(Nc2nnc(CN)o2)c(Br)c1. The predicted molar refractivity (Wildman–Crippen MR) is 72.1 cm³/mol. The van der Waals surface area contributed by atoms with Gasteiger partial charge in [-0.3, -0.25) is 0 Å². The lowest BCUT2D eigenvalue weighted by Gasteiger charge is -2.08. The Kier molecular flexibility index (Phi) is 3.80. The van der Waals surface area contributed by atoms with Crippen LogP contribution >= 0.6 is 31.9 Å². The van der Waals surface area contributed by atoms with Crippen LogP contribution in [0, 0.1) is 6.92 Å². The standard InChI is InChI=1S/C10H10Br2N4O/c1-5-2-6(11)9(7(12)3-5)14-10-16-15-8(4-13)17-10/h2-3H,4,13H2,1H3,(H,14,16). The summed E-state index contributed by atoms with van der Waals surface area (Å²) in [6.45, 7) is 2.24. The lowest BCUT2D eigenvalue weighted by atomic mass is 10.2. The van der Waals surface area contributed by atoms with E-state index in [9.17, 15) is 0 Å². The van der Waals surface area contributed by atoms with E-state index in [-0.39, 0.29) is 6.54 Å². The highest BCUT2D eigenvalue weighted by Crippen LogP contribution is 2.34. The molecule has 0 atom stereocenters. The molecule has 1 aromatic heterocycles. The molecule has 3 N–H and O–H groups in total. The van der Waals surface area contributed by atoms with Crippen LogP contribution in [0.4, 0.5) is 11.7 Å². The van der Waals surface area contributed by atoms with E-state index in [1.807, 2.05) is 19.1 Å². The summed E-state index contributed by atoms with van der Waals surface area (Å²) in [6, 6.07) is 4.30. The minimum absolute atomic E-state index is 0.227. The number of halogens is 2. The number of nitrogens with one attached hydrogen (secondary N) is 1. The molecule has 0 aliphatic carbocycles. The van der Waals surface area contributed by atoms with Crippen LogP contribution in [0.3, 0.4) is 0 Å². The molecule has 5 nitrogen and oxygen atoms in total. The third kappa shape index (κ3) is 2.85. The van der Waals surface area contributed by atoms with Crippen LogP contribution in [0.15, 0.2) is 25.5 Å². The van der Waals surface area contributed by atoms with E-state index in [1.165, 1.54) is 0 Å². The monoisotopic (exact) mass is 360 g/mol. The fourth-order valence-corrected chi connectivity index (χ4v) is 2.93. The van der Waals surface area contributed by atoms with Gasteiger partial charge in [0.2, 0.25) is 5.89 Å². The summed E-state index contributed by atoms with van der Waals surface area (Å²) in [5.74, 6) is 0.395. The minimum atomic E-state index is 0.227. The molecule has 90 valence electrons. The average molecular weight is 362 g/mol. The summed E-state index contributed by atoms with van der Waals surface area (Å²) in [7, 11) is 0. The number of nitrogens with zero attached hydrogens (tertiary/aromatic N) is 2. The largest absolute Gasteiger partial charge is 0.406 e. The van der Waals surface area contributed by atoms with Gasteiger partial charge in [0.15, 0.2) is 0 Å². The molecule has 2 aromatic rings. The van der Waals surface area contributed by atoms with Gasteiger partial charge in [-0.2, -0.15) is 0 Å². The Hall–Kier alpha value is -0.920. The summed E-state index contributed by atoms with van der Waals surface area (Å²) in [5, 5.41) is 10.6. The number of aromatic nitrogens is 2. The maximum Gasteiger partial charge on any atom is 0.320 e. The molecule has 0 aliphatic heterocycles. The van der Waals surface area contributed by atoms with Crippen molar-refractivity contribution < 1.29 is 4.42 Å². The van der Waals surface area contributed by atoms with Gasteiger partial charge in [0.1, 0.15) is 0 Å². The Morgan fingerprint density at radius 3 is 2.47 bits per heavy atom. The molecule has 7 heteroatoms. The van der Waals surface area contributed by atoms with Crippen LogP contribution in [0.25, 0.3) is 0 Å². The third-order valence-corrected chi connectivity index (χ3v) is 3.31. The Labute approximate surface area is 115 Å². The molecule has 0 bridgehead atoms. The third-order valence-electron chi connectivity index (χ3n) is 2.06. The topological polar surface area (TPSA) is 77.0 Å². The molecule has 17 heavy (non-hydrogen) atoms. The molecule has 0 saturated carbocycles. The molecule has 1 heterocycles. The maximum absolute atomic E-state index is 5.39. The lowest BCUT2D eigenvalue weighted by molar-refractivity contribution is 0.511. The number of rotatable bonds is 3. The Bertz CT molecular complexity index is 518. The first-order valence-electron chi connectivity index (χ1n) is 4.85. The Morgan fingerprint density at radius 2 is 1.94 bits per heavy atom. The summed E-state index contributed by atoms with van der Waals surface area (Å²) in [6.07, 6.45) is 0. The first-order valence-corrected chi connectivity index (χ1v) is 6.44. The second-order valence-corrected chi connectivity index (χ2v) is 5.14. The van der Waals surface area contributed by atoms with Crippen LogP contribution in [0.5, 0.6) is 0 Å². The molecule has 0 spiro atoms. The van der Waals surface area contributed by atoms with Crippen molar-refractivity contribution in [2.75, 3.05) is 5.32 Å². The first kappa shape index (κ1) is 12.5. The Morgan fingerprint density at radius 1 is 1.29 bits per heavy atom. The lowest BCUT2D eigenvalue weighted by Crippen LogP contribution is -1.95. The highest BCUT2D eigenvalue weighted by molar-refractivity contribution is 9.11. The second kappa shape index (κ2) is 5.16. The molecule has 2 rings (SSSR count). The number of aryl methyl sites for hydroxylation is 1. The fourth-order valence-electron chi connectivity index (χ4n) is 1.31. The molecular formula is C10H10Br2N4O. The normalized spacial score (nSPS) is 10.6. The van der Waals surface area contributed by atoms with E-state index in [4.69, 9.17) is 10.2 Å². The minimum Gasteiger partial charge on any atom is -0.406 e. The van der Waals surface area contributed by atoms with Gasteiger partial charge in [0.05, 0.1) is 12.2 Å². The van der Waals surface area contributed by atoms with Crippen LogP contribution < -0.4 is 11.1 Å². The van der Waals surface area contributed by atoms with Gasteiger partial charge in [-0.15, -0.1) is 5.10 Å². The van der Waals surface area contributed by atoms with E-state index >= 15 is 0 Å². The number of nitrogens with two attached hydrogens (primary N) is 1. The van der Waals surface area contributed by atoms with E-state index in [1.54, 1.807) is 0 Å². The van der Waals surface area contributed by atoms with Crippen molar-refractivity contribution in [2.24, 2.45) is 5.73 Å². The van der Waals surface area contributed by atoms with E-state index in [2.05, 4.69) is 47.4 Å². The summed E-state index contributed by atoms with van der Waals surface area (Å²) >= 11 is 6.94. The molecule has 0 fully saturated rings. The van der Waals surface area contributed by atoms with Crippen molar-refractivity contribution >= 4 is 43.6 Å². The average Bonchev–Trinajstić information content (AvgIpc) is 2.71. The molecule has 0 radical (unpaired) electrons. The van der Waals surface area contributed by atoms with E-state index in [0.717, 1.165) is 20.2 Å². The number of hydrogen-bond acceptors (Lipinski definition) is 5. The Balaban J connectivity index is 2.29. The van der Waals surface area contributed by atoms with Crippen molar-refractivity contribution in [3.05, 3.63) is 32.5 Å².